The smallest absolute Gasteiger partial charge is 0.135 e. The van der Waals surface area contributed by atoms with Gasteiger partial charge in [-0.2, -0.15) is 0 Å². The number of phenols is 1. The summed E-state index contributed by atoms with van der Waals surface area (Å²) in [7, 11) is 0. The van der Waals surface area contributed by atoms with E-state index in [2.05, 4.69) is 15.9 Å². The van der Waals surface area contributed by atoms with Crippen LogP contribution in [0, 0.1) is 12.7 Å². The van der Waals surface area contributed by atoms with Gasteiger partial charge < -0.3 is 10.8 Å². The summed E-state index contributed by atoms with van der Waals surface area (Å²) in [5.41, 5.74) is 6.83. The molecule has 0 amide bonds. The van der Waals surface area contributed by atoms with Crippen LogP contribution in [-0.4, -0.2) is 5.11 Å². The van der Waals surface area contributed by atoms with Gasteiger partial charge >= 0.3 is 0 Å². The summed E-state index contributed by atoms with van der Waals surface area (Å²) >= 11 is 3.18. The van der Waals surface area contributed by atoms with Crippen LogP contribution in [0.4, 0.5) is 4.39 Å². The van der Waals surface area contributed by atoms with E-state index >= 15 is 0 Å². The van der Waals surface area contributed by atoms with Crippen LogP contribution in [0.1, 0.15) is 43.2 Å². The predicted molar refractivity (Wildman–Crippen MR) is 69.5 cm³/mol. The van der Waals surface area contributed by atoms with Gasteiger partial charge in [0.25, 0.3) is 0 Å². The average molecular weight is 302 g/mol. The first-order valence-electron chi connectivity index (χ1n) is 5.92. The molecular weight excluding hydrogens is 285 g/mol. The van der Waals surface area contributed by atoms with Gasteiger partial charge in [-0.15, -0.1) is 0 Å². The van der Waals surface area contributed by atoms with Crippen molar-refractivity contribution in [1.29, 1.82) is 0 Å². The first-order chi connectivity index (χ1) is 7.96. The molecule has 4 heteroatoms. The number of phenolic OH excluding ortho intramolecular Hbond substituents is 1. The molecule has 1 aliphatic rings. The fourth-order valence-electron chi connectivity index (χ4n) is 2.75. The number of aromatic hydroxyl groups is 1. The summed E-state index contributed by atoms with van der Waals surface area (Å²) < 4.78 is 14.1. The Morgan fingerprint density at radius 1 is 1.35 bits per heavy atom. The molecule has 0 heterocycles. The minimum absolute atomic E-state index is 0.0910. The fraction of sp³-hybridized carbons (Fsp3) is 0.538. The summed E-state index contributed by atoms with van der Waals surface area (Å²) in [6, 6.07) is 1.29. The maximum Gasteiger partial charge on any atom is 0.135 e. The van der Waals surface area contributed by atoms with Crippen molar-refractivity contribution in [3.8, 4) is 5.75 Å². The largest absolute Gasteiger partial charge is 0.506 e. The topological polar surface area (TPSA) is 46.2 Å². The molecular formula is C13H17BrFNO. The molecule has 0 aliphatic heterocycles. The van der Waals surface area contributed by atoms with Gasteiger partial charge in [0, 0.05) is 11.1 Å². The number of hydrogen-bond acceptors (Lipinski definition) is 2. The van der Waals surface area contributed by atoms with Gasteiger partial charge in [-0.25, -0.2) is 4.39 Å². The van der Waals surface area contributed by atoms with Crippen molar-refractivity contribution in [2.45, 2.75) is 44.6 Å². The Labute approximate surface area is 109 Å². The second-order valence-electron chi connectivity index (χ2n) is 4.91. The Kier molecular flexibility index (Phi) is 3.46. The molecule has 0 atom stereocenters. The van der Waals surface area contributed by atoms with Crippen molar-refractivity contribution < 1.29 is 9.50 Å². The Hall–Kier alpha value is -0.610. The van der Waals surface area contributed by atoms with Crippen LogP contribution in [0.5, 0.6) is 5.75 Å². The maximum atomic E-state index is 13.7. The molecule has 0 spiro atoms. The number of benzene rings is 1. The Morgan fingerprint density at radius 3 is 2.53 bits per heavy atom. The molecule has 0 aromatic heterocycles. The Balaban J connectivity index is 2.57. The van der Waals surface area contributed by atoms with Crippen LogP contribution >= 0.6 is 15.9 Å². The first-order valence-corrected chi connectivity index (χ1v) is 6.72. The summed E-state index contributed by atoms with van der Waals surface area (Å²) in [6.07, 6.45) is 4.83. The quantitative estimate of drug-likeness (QED) is 0.830. The van der Waals surface area contributed by atoms with E-state index in [1.54, 1.807) is 6.92 Å². The van der Waals surface area contributed by atoms with Crippen molar-refractivity contribution >= 4 is 15.9 Å². The van der Waals surface area contributed by atoms with Gasteiger partial charge in [-0.1, -0.05) is 19.3 Å². The fourth-order valence-corrected chi connectivity index (χ4v) is 3.15. The van der Waals surface area contributed by atoms with Gasteiger partial charge in [0.1, 0.15) is 11.6 Å². The molecule has 94 valence electrons. The third kappa shape index (κ3) is 2.20. The van der Waals surface area contributed by atoms with E-state index < -0.39 is 5.54 Å². The summed E-state index contributed by atoms with van der Waals surface area (Å²) in [5.74, 6) is -0.228. The van der Waals surface area contributed by atoms with E-state index in [1.807, 2.05) is 0 Å². The molecule has 2 rings (SSSR count). The van der Waals surface area contributed by atoms with E-state index in [0.29, 0.717) is 15.6 Å². The second-order valence-corrected chi connectivity index (χ2v) is 5.76. The highest BCUT2D eigenvalue weighted by Gasteiger charge is 2.34. The lowest BCUT2D eigenvalue weighted by molar-refractivity contribution is 0.289. The SMILES string of the molecule is Cc1c(F)cc(Br)c(O)c1C1(N)CCCCC1. The van der Waals surface area contributed by atoms with Crippen molar-refractivity contribution in [1.82, 2.24) is 0 Å². The molecule has 1 saturated carbocycles. The minimum Gasteiger partial charge on any atom is -0.506 e. The standard InChI is InChI=1S/C13H17BrFNO/c1-8-10(15)7-9(14)12(17)11(8)13(16)5-3-2-4-6-13/h7,17H,2-6,16H2,1H3. The van der Waals surface area contributed by atoms with Gasteiger partial charge in [0.05, 0.1) is 4.47 Å². The maximum absolute atomic E-state index is 13.7. The predicted octanol–water partition coefficient (Wildman–Crippen LogP) is 3.72. The highest BCUT2D eigenvalue weighted by molar-refractivity contribution is 9.10. The Bertz CT molecular complexity index is 415. The summed E-state index contributed by atoms with van der Waals surface area (Å²) in [4.78, 5) is 0. The molecule has 1 fully saturated rings. The summed E-state index contributed by atoms with van der Waals surface area (Å²) in [6.45, 7) is 1.68. The van der Waals surface area contributed by atoms with Crippen molar-refractivity contribution in [3.63, 3.8) is 0 Å². The zero-order valence-electron chi connectivity index (χ0n) is 9.89. The van der Waals surface area contributed by atoms with Crippen LogP contribution in [0.25, 0.3) is 0 Å². The van der Waals surface area contributed by atoms with Gasteiger partial charge in [0.2, 0.25) is 0 Å². The summed E-state index contributed by atoms with van der Waals surface area (Å²) in [5, 5.41) is 10.1. The second kappa shape index (κ2) is 4.58. The van der Waals surface area contributed by atoms with Gasteiger partial charge in [0.15, 0.2) is 0 Å². The van der Waals surface area contributed by atoms with E-state index in [9.17, 15) is 9.50 Å². The van der Waals surface area contributed by atoms with Crippen LogP contribution in [-0.2, 0) is 5.54 Å². The molecule has 1 aromatic rings. The van der Waals surface area contributed by atoms with Crippen molar-refractivity contribution in [3.05, 3.63) is 27.5 Å². The third-order valence-electron chi connectivity index (χ3n) is 3.69. The van der Waals surface area contributed by atoms with Gasteiger partial charge in [-0.05, 0) is 47.3 Å². The monoisotopic (exact) mass is 301 g/mol. The molecule has 1 aromatic carbocycles. The van der Waals surface area contributed by atoms with E-state index in [0.717, 1.165) is 32.1 Å². The van der Waals surface area contributed by atoms with Crippen molar-refractivity contribution in [2.24, 2.45) is 5.73 Å². The molecule has 0 bridgehead atoms. The van der Waals surface area contributed by atoms with E-state index in [1.165, 1.54) is 6.07 Å². The first kappa shape index (κ1) is 12.8. The number of halogens is 2. The van der Waals surface area contributed by atoms with Crippen molar-refractivity contribution in [2.75, 3.05) is 0 Å². The lowest BCUT2D eigenvalue weighted by Gasteiger charge is -2.35. The molecule has 2 nitrogen and oxygen atoms in total. The number of rotatable bonds is 1. The number of hydrogen-bond donors (Lipinski definition) is 2. The zero-order valence-corrected chi connectivity index (χ0v) is 11.5. The molecule has 1 aliphatic carbocycles. The lowest BCUT2D eigenvalue weighted by Crippen LogP contribution is -2.39. The molecule has 0 radical (unpaired) electrons. The number of nitrogens with two attached hydrogens (primary N) is 1. The Morgan fingerprint density at radius 2 is 1.94 bits per heavy atom. The average Bonchev–Trinajstić information content (AvgIpc) is 2.27. The molecule has 17 heavy (non-hydrogen) atoms. The van der Waals surface area contributed by atoms with Crippen LogP contribution in [0.3, 0.4) is 0 Å². The van der Waals surface area contributed by atoms with Gasteiger partial charge in [-0.3, -0.25) is 0 Å². The lowest BCUT2D eigenvalue weighted by atomic mass is 9.75. The minimum atomic E-state index is -0.586. The third-order valence-corrected chi connectivity index (χ3v) is 4.30. The zero-order chi connectivity index (χ0) is 12.6. The van der Waals surface area contributed by atoms with E-state index in [-0.39, 0.29) is 11.6 Å². The highest BCUT2D eigenvalue weighted by atomic mass is 79.9. The van der Waals surface area contributed by atoms with Crippen LogP contribution in [0.2, 0.25) is 0 Å². The molecule has 3 N–H and O–H groups in total. The molecule has 0 saturated heterocycles. The molecule has 0 unspecified atom stereocenters. The van der Waals surface area contributed by atoms with Crippen LogP contribution < -0.4 is 5.73 Å². The van der Waals surface area contributed by atoms with Crippen LogP contribution in [0.15, 0.2) is 10.5 Å². The highest BCUT2D eigenvalue weighted by Crippen LogP contribution is 2.44. The normalized spacial score (nSPS) is 19.3. The van der Waals surface area contributed by atoms with E-state index in [4.69, 9.17) is 5.73 Å².